The Balaban J connectivity index is 2.10. The van der Waals surface area contributed by atoms with E-state index >= 15 is 0 Å². The van der Waals surface area contributed by atoms with Crippen molar-refractivity contribution in [3.05, 3.63) is 58.5 Å². The summed E-state index contributed by atoms with van der Waals surface area (Å²) in [6.07, 6.45) is 1.64. The molecule has 0 saturated heterocycles. The molecule has 0 atom stereocenters. The Hall–Kier alpha value is -2.04. The Labute approximate surface area is 130 Å². The largest absolute Gasteiger partial charge is 0.399 e. The summed E-state index contributed by atoms with van der Waals surface area (Å²) < 4.78 is 13.2. The summed E-state index contributed by atoms with van der Waals surface area (Å²) in [7, 11) is 0. The minimum Gasteiger partial charge on any atom is -0.399 e. The van der Waals surface area contributed by atoms with Crippen LogP contribution in [0.3, 0.4) is 0 Å². The molecular formula is C15H10Cl2FN3. The van der Waals surface area contributed by atoms with Crippen LogP contribution < -0.4 is 11.1 Å². The first kappa shape index (κ1) is 13.9. The van der Waals surface area contributed by atoms with E-state index in [1.54, 1.807) is 30.5 Å². The normalized spacial score (nSPS) is 10.8. The monoisotopic (exact) mass is 321 g/mol. The first-order valence-corrected chi connectivity index (χ1v) is 6.86. The Morgan fingerprint density at radius 1 is 1.05 bits per heavy atom. The summed E-state index contributed by atoms with van der Waals surface area (Å²) in [6.45, 7) is 0. The summed E-state index contributed by atoms with van der Waals surface area (Å²) in [4.78, 5) is 4.24. The lowest BCUT2D eigenvalue weighted by Gasteiger charge is -2.11. The van der Waals surface area contributed by atoms with Gasteiger partial charge in [-0.25, -0.2) is 4.39 Å². The molecule has 3 aromatic rings. The predicted octanol–water partition coefficient (Wildman–Crippen LogP) is 5.01. The fraction of sp³-hybridized carbons (Fsp3) is 0. The number of nitrogens with zero attached hydrogens (tertiary/aromatic N) is 1. The van der Waals surface area contributed by atoms with Crippen LogP contribution in [0.1, 0.15) is 0 Å². The summed E-state index contributed by atoms with van der Waals surface area (Å²) >= 11 is 11.9. The van der Waals surface area contributed by atoms with Gasteiger partial charge in [0, 0.05) is 28.6 Å². The number of pyridine rings is 1. The van der Waals surface area contributed by atoms with Gasteiger partial charge < -0.3 is 11.1 Å². The lowest BCUT2D eigenvalue weighted by Crippen LogP contribution is -1.95. The molecule has 0 amide bonds. The molecule has 106 valence electrons. The van der Waals surface area contributed by atoms with Gasteiger partial charge in [-0.05, 0) is 36.4 Å². The highest BCUT2D eigenvalue weighted by molar-refractivity contribution is 6.35. The van der Waals surface area contributed by atoms with E-state index in [4.69, 9.17) is 28.9 Å². The molecule has 0 spiro atoms. The lowest BCUT2D eigenvalue weighted by molar-refractivity contribution is 0.628. The van der Waals surface area contributed by atoms with Gasteiger partial charge >= 0.3 is 0 Å². The minimum atomic E-state index is -0.464. The van der Waals surface area contributed by atoms with Gasteiger partial charge in [0.1, 0.15) is 5.82 Å². The molecule has 3 N–H and O–H groups in total. The summed E-state index contributed by atoms with van der Waals surface area (Å²) in [5.74, 6) is -0.464. The first-order valence-electron chi connectivity index (χ1n) is 6.10. The molecule has 2 aromatic carbocycles. The third-order valence-corrected chi connectivity index (χ3v) is 3.60. The standard InChI is InChI=1S/C15H10Cl2FN3/c16-11-7-9(1-2-13(11)18)21-14-3-4-20-15-10(14)5-8(19)6-12(15)17/h1-7H,19H2,(H,20,21). The Bertz CT molecular complexity index is 837. The van der Waals surface area contributed by atoms with Crippen LogP contribution in [0.25, 0.3) is 10.9 Å². The molecule has 0 bridgehead atoms. The number of nitrogens with one attached hydrogen (secondary N) is 1. The maximum absolute atomic E-state index is 13.2. The van der Waals surface area contributed by atoms with Gasteiger partial charge in [0.15, 0.2) is 0 Å². The molecule has 1 aromatic heterocycles. The van der Waals surface area contributed by atoms with Crippen molar-refractivity contribution in [3.63, 3.8) is 0 Å². The van der Waals surface area contributed by atoms with Crippen LogP contribution >= 0.6 is 23.2 Å². The summed E-state index contributed by atoms with van der Waals surface area (Å²) in [6, 6.07) is 9.63. The first-order chi connectivity index (χ1) is 10.0. The molecule has 0 aliphatic rings. The highest BCUT2D eigenvalue weighted by atomic mass is 35.5. The fourth-order valence-corrected chi connectivity index (χ4v) is 2.53. The number of hydrogen-bond donors (Lipinski definition) is 2. The average molecular weight is 322 g/mol. The molecule has 0 aliphatic carbocycles. The lowest BCUT2D eigenvalue weighted by atomic mass is 10.1. The fourth-order valence-electron chi connectivity index (χ4n) is 2.07. The molecule has 0 fully saturated rings. The number of halogens is 3. The van der Waals surface area contributed by atoms with Crippen molar-refractivity contribution in [2.75, 3.05) is 11.1 Å². The van der Waals surface area contributed by atoms with Crippen LogP contribution in [-0.4, -0.2) is 4.98 Å². The number of hydrogen-bond acceptors (Lipinski definition) is 3. The highest BCUT2D eigenvalue weighted by Gasteiger charge is 2.08. The molecule has 0 aliphatic heterocycles. The van der Waals surface area contributed by atoms with Crippen LogP contribution in [0.5, 0.6) is 0 Å². The quantitative estimate of drug-likeness (QED) is 0.652. The van der Waals surface area contributed by atoms with Gasteiger partial charge in [0.25, 0.3) is 0 Å². The number of benzene rings is 2. The van der Waals surface area contributed by atoms with Gasteiger partial charge in [0.05, 0.1) is 15.6 Å². The number of aromatic nitrogens is 1. The van der Waals surface area contributed by atoms with Crippen LogP contribution in [0.2, 0.25) is 10.0 Å². The second-order valence-electron chi connectivity index (χ2n) is 4.51. The number of nitrogens with two attached hydrogens (primary N) is 1. The molecule has 1 heterocycles. The third kappa shape index (κ3) is 2.73. The SMILES string of the molecule is Nc1cc(Cl)c2nccc(Nc3ccc(F)c(Cl)c3)c2c1. The van der Waals surface area contributed by atoms with Crippen LogP contribution in [0, 0.1) is 5.82 Å². The van der Waals surface area contributed by atoms with E-state index < -0.39 is 5.82 Å². The van der Waals surface area contributed by atoms with Gasteiger partial charge in [-0.1, -0.05) is 23.2 Å². The minimum absolute atomic E-state index is 0.0518. The average Bonchev–Trinajstić information content (AvgIpc) is 2.44. The summed E-state index contributed by atoms with van der Waals surface area (Å²) in [5.41, 5.74) is 8.43. The van der Waals surface area contributed by atoms with Crippen LogP contribution in [0.15, 0.2) is 42.6 Å². The van der Waals surface area contributed by atoms with Crippen molar-refractivity contribution in [3.8, 4) is 0 Å². The number of rotatable bonds is 2. The van der Waals surface area contributed by atoms with Crippen molar-refractivity contribution in [2.24, 2.45) is 0 Å². The molecule has 6 heteroatoms. The zero-order valence-corrected chi connectivity index (χ0v) is 12.2. The van der Waals surface area contributed by atoms with Crippen molar-refractivity contribution in [1.82, 2.24) is 4.98 Å². The van der Waals surface area contributed by atoms with E-state index in [-0.39, 0.29) is 5.02 Å². The van der Waals surface area contributed by atoms with Crippen molar-refractivity contribution in [1.29, 1.82) is 0 Å². The van der Waals surface area contributed by atoms with Gasteiger partial charge in [0.2, 0.25) is 0 Å². The molecule has 3 rings (SSSR count). The second kappa shape index (κ2) is 5.39. The van der Waals surface area contributed by atoms with E-state index in [1.807, 2.05) is 0 Å². The molecule has 0 unspecified atom stereocenters. The van der Waals surface area contributed by atoms with Crippen molar-refractivity contribution < 1.29 is 4.39 Å². The summed E-state index contributed by atoms with van der Waals surface area (Å²) in [5, 5.41) is 4.47. The smallest absolute Gasteiger partial charge is 0.141 e. The molecular weight excluding hydrogens is 312 g/mol. The van der Waals surface area contributed by atoms with Gasteiger partial charge in [-0.3, -0.25) is 4.98 Å². The topological polar surface area (TPSA) is 50.9 Å². The van der Waals surface area contributed by atoms with Gasteiger partial charge in [-0.2, -0.15) is 0 Å². The number of anilines is 3. The van der Waals surface area contributed by atoms with Crippen LogP contribution in [-0.2, 0) is 0 Å². The molecule has 0 radical (unpaired) electrons. The van der Waals surface area contributed by atoms with E-state index in [1.165, 1.54) is 12.1 Å². The maximum Gasteiger partial charge on any atom is 0.141 e. The Morgan fingerprint density at radius 2 is 1.86 bits per heavy atom. The van der Waals surface area contributed by atoms with E-state index in [2.05, 4.69) is 10.3 Å². The highest BCUT2D eigenvalue weighted by Crippen LogP contribution is 2.32. The predicted molar refractivity (Wildman–Crippen MR) is 85.9 cm³/mol. The van der Waals surface area contributed by atoms with Gasteiger partial charge in [-0.15, -0.1) is 0 Å². The molecule has 21 heavy (non-hydrogen) atoms. The van der Waals surface area contributed by atoms with Crippen molar-refractivity contribution in [2.45, 2.75) is 0 Å². The number of fused-ring (bicyclic) bond motifs is 1. The molecule has 0 saturated carbocycles. The third-order valence-electron chi connectivity index (χ3n) is 3.02. The maximum atomic E-state index is 13.2. The zero-order chi connectivity index (χ0) is 15.0. The van der Waals surface area contributed by atoms with E-state index in [0.717, 1.165) is 11.1 Å². The number of nitrogen functional groups attached to an aromatic ring is 1. The van der Waals surface area contributed by atoms with Crippen LogP contribution in [0.4, 0.5) is 21.5 Å². The van der Waals surface area contributed by atoms with E-state index in [0.29, 0.717) is 21.9 Å². The molecule has 3 nitrogen and oxygen atoms in total. The zero-order valence-electron chi connectivity index (χ0n) is 10.7. The van der Waals surface area contributed by atoms with Crippen molar-refractivity contribution >= 4 is 51.2 Å². The van der Waals surface area contributed by atoms with E-state index in [9.17, 15) is 4.39 Å². The second-order valence-corrected chi connectivity index (χ2v) is 5.33. The Kier molecular flexibility index (Phi) is 3.57. The Morgan fingerprint density at radius 3 is 2.62 bits per heavy atom.